The molecule has 0 atom stereocenters. The zero-order valence-electron chi connectivity index (χ0n) is 18.9. The van der Waals surface area contributed by atoms with Crippen LogP contribution in [0.25, 0.3) is 22.8 Å². The maximum atomic E-state index is 13.2. The summed E-state index contributed by atoms with van der Waals surface area (Å²) in [6.45, 7) is 2.32. The summed E-state index contributed by atoms with van der Waals surface area (Å²) >= 11 is 12.0. The first-order valence-electron chi connectivity index (χ1n) is 11.5. The molecule has 3 heterocycles. The third-order valence-electron chi connectivity index (χ3n) is 6.56. The van der Waals surface area contributed by atoms with Crippen LogP contribution in [0.5, 0.6) is 0 Å². The number of likely N-dealkylation sites (tertiary alicyclic amines) is 1. The van der Waals surface area contributed by atoms with Gasteiger partial charge in [0.05, 0.1) is 14.9 Å². The third kappa shape index (κ3) is 4.95. The third-order valence-corrected chi connectivity index (χ3v) is 9.22. The highest BCUT2D eigenvalue weighted by Crippen LogP contribution is 2.30. The first kappa shape index (κ1) is 24.2. The van der Waals surface area contributed by atoms with Crippen molar-refractivity contribution in [1.29, 1.82) is 0 Å². The molecule has 5 rings (SSSR count). The van der Waals surface area contributed by atoms with Crippen LogP contribution in [-0.4, -0.2) is 59.8 Å². The Morgan fingerprint density at radius 3 is 2.23 bits per heavy atom. The molecule has 0 unspecified atom stereocenters. The molecular weight excluding hydrogens is 511 g/mol. The van der Waals surface area contributed by atoms with Gasteiger partial charge in [-0.1, -0.05) is 28.4 Å². The van der Waals surface area contributed by atoms with Gasteiger partial charge >= 0.3 is 0 Å². The minimum Gasteiger partial charge on any atom is -0.342 e. The number of carbonyl (C=O) groups excluding carboxylic acids is 1. The van der Waals surface area contributed by atoms with Crippen molar-refractivity contribution in [3.8, 4) is 22.8 Å². The molecule has 2 aliphatic rings. The van der Waals surface area contributed by atoms with Crippen LogP contribution in [0.15, 0.2) is 51.9 Å². The number of amides is 1. The van der Waals surface area contributed by atoms with Crippen LogP contribution in [0.4, 0.5) is 0 Å². The SMILES string of the molecule is O=C(C1CCN(S(=O)(=O)c2ccc(-c3noc(-c4ccc(Cl)c(Cl)c4)n3)cc2)CC1)N1CCCC1. The van der Waals surface area contributed by atoms with Gasteiger partial charge in [0.25, 0.3) is 5.89 Å². The minimum absolute atomic E-state index is 0.0927. The molecule has 2 saturated heterocycles. The van der Waals surface area contributed by atoms with Crippen LogP contribution in [0.3, 0.4) is 0 Å². The molecule has 0 aliphatic carbocycles. The van der Waals surface area contributed by atoms with Crippen molar-refractivity contribution in [2.75, 3.05) is 26.2 Å². The van der Waals surface area contributed by atoms with Gasteiger partial charge in [0.1, 0.15) is 0 Å². The molecule has 0 radical (unpaired) electrons. The summed E-state index contributed by atoms with van der Waals surface area (Å²) < 4.78 is 33.2. The van der Waals surface area contributed by atoms with E-state index < -0.39 is 10.0 Å². The molecule has 2 fully saturated rings. The smallest absolute Gasteiger partial charge is 0.258 e. The lowest BCUT2D eigenvalue weighted by Crippen LogP contribution is -2.43. The second-order valence-corrected chi connectivity index (χ2v) is 11.5. The molecule has 3 aromatic rings. The predicted octanol–water partition coefficient (Wildman–Crippen LogP) is 4.73. The fourth-order valence-electron chi connectivity index (χ4n) is 4.55. The highest BCUT2D eigenvalue weighted by molar-refractivity contribution is 7.89. The molecule has 2 aromatic carbocycles. The fraction of sp³-hybridized carbons (Fsp3) is 0.375. The van der Waals surface area contributed by atoms with Gasteiger partial charge in [-0.05, 0) is 68.1 Å². The van der Waals surface area contributed by atoms with Crippen LogP contribution in [0, 0.1) is 5.92 Å². The summed E-state index contributed by atoms with van der Waals surface area (Å²) in [4.78, 5) is 19.1. The highest BCUT2D eigenvalue weighted by Gasteiger charge is 2.34. The van der Waals surface area contributed by atoms with E-state index in [1.165, 1.54) is 4.31 Å². The highest BCUT2D eigenvalue weighted by atomic mass is 35.5. The van der Waals surface area contributed by atoms with Crippen molar-refractivity contribution in [3.05, 3.63) is 52.5 Å². The predicted molar refractivity (Wildman–Crippen MR) is 132 cm³/mol. The van der Waals surface area contributed by atoms with E-state index in [1.54, 1.807) is 42.5 Å². The number of hydrogen-bond acceptors (Lipinski definition) is 6. The number of nitrogens with zero attached hydrogens (tertiary/aromatic N) is 4. The lowest BCUT2D eigenvalue weighted by Gasteiger charge is -2.32. The summed E-state index contributed by atoms with van der Waals surface area (Å²) in [7, 11) is -3.66. The number of rotatable bonds is 5. The van der Waals surface area contributed by atoms with Crippen LogP contribution in [0.1, 0.15) is 25.7 Å². The van der Waals surface area contributed by atoms with Gasteiger partial charge in [-0.25, -0.2) is 8.42 Å². The number of benzene rings is 2. The van der Waals surface area contributed by atoms with Gasteiger partial charge in [-0.15, -0.1) is 0 Å². The molecule has 184 valence electrons. The van der Waals surface area contributed by atoms with E-state index in [4.69, 9.17) is 27.7 Å². The van der Waals surface area contributed by atoms with Gasteiger partial charge in [0.15, 0.2) is 0 Å². The summed E-state index contributed by atoms with van der Waals surface area (Å²) in [6, 6.07) is 11.4. The molecule has 35 heavy (non-hydrogen) atoms. The Morgan fingerprint density at radius 2 is 1.57 bits per heavy atom. The number of hydrogen-bond donors (Lipinski definition) is 0. The molecule has 1 amide bonds. The number of sulfonamides is 1. The molecule has 0 spiro atoms. The normalized spacial score (nSPS) is 17.7. The Kier molecular flexibility index (Phi) is 6.85. The van der Waals surface area contributed by atoms with Crippen LogP contribution in [-0.2, 0) is 14.8 Å². The van der Waals surface area contributed by atoms with Crippen molar-refractivity contribution >= 4 is 39.1 Å². The lowest BCUT2D eigenvalue weighted by molar-refractivity contribution is -0.135. The van der Waals surface area contributed by atoms with Gasteiger partial charge < -0.3 is 9.42 Å². The van der Waals surface area contributed by atoms with Crippen LogP contribution >= 0.6 is 23.2 Å². The number of aromatic nitrogens is 2. The van der Waals surface area contributed by atoms with E-state index in [9.17, 15) is 13.2 Å². The van der Waals surface area contributed by atoms with E-state index in [1.807, 2.05) is 4.90 Å². The standard InChI is InChI=1S/C24H24Cl2N4O4S/c25-20-8-5-18(15-21(20)26)23-27-22(28-34-23)16-3-6-19(7-4-16)35(32,33)30-13-9-17(10-14-30)24(31)29-11-1-2-12-29/h3-8,15,17H,1-2,9-14H2. The first-order valence-corrected chi connectivity index (χ1v) is 13.7. The van der Waals surface area contributed by atoms with E-state index in [0.717, 1.165) is 25.9 Å². The fourth-order valence-corrected chi connectivity index (χ4v) is 6.32. The first-order chi connectivity index (χ1) is 16.8. The molecule has 0 N–H and O–H groups in total. The van der Waals surface area contributed by atoms with Crippen LogP contribution in [0.2, 0.25) is 10.0 Å². The monoisotopic (exact) mass is 534 g/mol. The van der Waals surface area contributed by atoms with Crippen molar-refractivity contribution in [2.45, 2.75) is 30.6 Å². The number of piperidine rings is 1. The quantitative estimate of drug-likeness (QED) is 0.469. The van der Waals surface area contributed by atoms with Crippen molar-refractivity contribution in [3.63, 3.8) is 0 Å². The van der Waals surface area contributed by atoms with E-state index in [-0.39, 0.29) is 22.6 Å². The van der Waals surface area contributed by atoms with Gasteiger partial charge in [0.2, 0.25) is 21.8 Å². The Labute approximate surface area is 213 Å². The second kappa shape index (κ2) is 9.89. The summed E-state index contributed by atoms with van der Waals surface area (Å²) in [6.07, 6.45) is 3.20. The van der Waals surface area contributed by atoms with E-state index in [0.29, 0.717) is 52.9 Å². The Hall–Kier alpha value is -2.46. The number of halogens is 2. The topological polar surface area (TPSA) is 96.6 Å². The minimum atomic E-state index is -3.66. The van der Waals surface area contributed by atoms with E-state index in [2.05, 4.69) is 10.1 Å². The molecular formula is C24H24Cl2N4O4S. The molecule has 0 saturated carbocycles. The average molecular weight is 535 g/mol. The molecule has 1 aromatic heterocycles. The maximum Gasteiger partial charge on any atom is 0.258 e. The van der Waals surface area contributed by atoms with Crippen LogP contribution < -0.4 is 0 Å². The van der Waals surface area contributed by atoms with Crippen molar-refractivity contribution in [1.82, 2.24) is 19.3 Å². The molecule has 0 bridgehead atoms. The summed E-state index contributed by atoms with van der Waals surface area (Å²) in [5.41, 5.74) is 1.25. The van der Waals surface area contributed by atoms with Gasteiger partial charge in [0, 0.05) is 43.2 Å². The van der Waals surface area contributed by atoms with Gasteiger partial charge in [-0.3, -0.25) is 4.79 Å². The largest absolute Gasteiger partial charge is 0.342 e. The van der Waals surface area contributed by atoms with E-state index >= 15 is 0 Å². The Morgan fingerprint density at radius 1 is 0.914 bits per heavy atom. The average Bonchev–Trinajstić information content (AvgIpc) is 3.58. The molecule has 11 heteroatoms. The zero-order chi connectivity index (χ0) is 24.6. The second-order valence-electron chi connectivity index (χ2n) is 8.79. The van der Waals surface area contributed by atoms with Crippen molar-refractivity contribution in [2.24, 2.45) is 5.92 Å². The lowest BCUT2D eigenvalue weighted by atomic mass is 9.97. The van der Waals surface area contributed by atoms with Crippen molar-refractivity contribution < 1.29 is 17.7 Å². The summed E-state index contributed by atoms with van der Waals surface area (Å²) in [5.74, 6) is 0.687. The molecule has 8 nitrogen and oxygen atoms in total. The summed E-state index contributed by atoms with van der Waals surface area (Å²) in [5, 5.41) is 4.80. The Balaban J connectivity index is 1.26. The molecule has 2 aliphatic heterocycles. The Bertz CT molecular complexity index is 1330. The number of carbonyl (C=O) groups is 1. The van der Waals surface area contributed by atoms with Gasteiger partial charge in [-0.2, -0.15) is 9.29 Å². The maximum absolute atomic E-state index is 13.2. The zero-order valence-corrected chi connectivity index (χ0v) is 21.2.